The first-order valence-corrected chi connectivity index (χ1v) is 12.2. The number of nitrogens with one attached hydrogen (secondary N) is 2. The minimum absolute atomic E-state index is 0.130. The Morgan fingerprint density at radius 1 is 1.23 bits per heavy atom. The fourth-order valence-corrected chi connectivity index (χ4v) is 4.50. The van der Waals surface area contributed by atoms with Crippen LogP contribution in [0.3, 0.4) is 0 Å². The van der Waals surface area contributed by atoms with Crippen LogP contribution in [-0.4, -0.2) is 48.5 Å². The van der Waals surface area contributed by atoms with E-state index >= 15 is 0 Å². The van der Waals surface area contributed by atoms with Gasteiger partial charge in [0.2, 0.25) is 0 Å². The number of hydrogen-bond donors (Lipinski definition) is 2. The molecule has 0 aromatic heterocycles. The summed E-state index contributed by atoms with van der Waals surface area (Å²) in [7, 11) is 0. The van der Waals surface area contributed by atoms with Crippen molar-refractivity contribution in [2.75, 3.05) is 13.1 Å². The molecule has 1 fully saturated rings. The number of halogens is 1. The summed E-state index contributed by atoms with van der Waals surface area (Å²) in [6.07, 6.45) is 10.4. The van der Waals surface area contributed by atoms with E-state index in [0.717, 1.165) is 18.8 Å². The Bertz CT molecular complexity index is 511. The summed E-state index contributed by atoms with van der Waals surface area (Å²) >= 11 is 0. The Hall–Kier alpha value is -0.710. The highest BCUT2D eigenvalue weighted by Gasteiger charge is 2.31. The van der Waals surface area contributed by atoms with Gasteiger partial charge in [-0.25, -0.2) is 4.39 Å². The van der Waals surface area contributed by atoms with E-state index in [-0.39, 0.29) is 18.0 Å². The van der Waals surface area contributed by atoms with Gasteiger partial charge in [0.15, 0.2) is 6.30 Å². The van der Waals surface area contributed by atoms with Crippen LogP contribution in [0.25, 0.3) is 0 Å². The molecule has 6 atom stereocenters. The molecule has 0 radical (unpaired) electrons. The van der Waals surface area contributed by atoms with Crippen molar-refractivity contribution in [3.8, 4) is 0 Å². The smallest absolute Gasteiger partial charge is 0.154 e. The predicted molar refractivity (Wildman–Crippen MR) is 131 cm³/mol. The van der Waals surface area contributed by atoms with Crippen LogP contribution in [0.1, 0.15) is 81.1 Å². The second-order valence-corrected chi connectivity index (χ2v) is 10.6. The van der Waals surface area contributed by atoms with Gasteiger partial charge in [-0.1, -0.05) is 73.6 Å². The third-order valence-electron chi connectivity index (χ3n) is 6.58. The van der Waals surface area contributed by atoms with Crippen molar-refractivity contribution in [3.05, 3.63) is 24.8 Å². The molecular weight excluding hydrogens is 373 g/mol. The van der Waals surface area contributed by atoms with Crippen LogP contribution in [0, 0.1) is 17.3 Å². The van der Waals surface area contributed by atoms with E-state index in [1.807, 2.05) is 13.0 Å². The highest BCUT2D eigenvalue weighted by Crippen LogP contribution is 2.36. The Balaban J connectivity index is 0.000000300. The van der Waals surface area contributed by atoms with E-state index in [9.17, 15) is 4.39 Å². The SMILES string of the molecule is C=CC(NC(C)C)C1CCC(C)C(F)N1.CCCN(CC)C1C=CC(C(C)(C)C)C1. The minimum Gasteiger partial charge on any atom is -0.307 e. The summed E-state index contributed by atoms with van der Waals surface area (Å²) in [5.41, 5.74) is 0.427. The van der Waals surface area contributed by atoms with Gasteiger partial charge in [0, 0.05) is 30.1 Å². The molecule has 2 N–H and O–H groups in total. The largest absolute Gasteiger partial charge is 0.307 e. The lowest BCUT2D eigenvalue weighted by Gasteiger charge is -2.36. The summed E-state index contributed by atoms with van der Waals surface area (Å²) in [5.74, 6) is 0.888. The number of hydrogen-bond acceptors (Lipinski definition) is 3. The molecule has 2 aliphatic rings. The van der Waals surface area contributed by atoms with Crippen molar-refractivity contribution in [1.29, 1.82) is 0 Å². The molecule has 1 aliphatic heterocycles. The van der Waals surface area contributed by atoms with E-state index in [2.05, 4.69) is 82.7 Å². The zero-order chi connectivity index (χ0) is 22.9. The second-order valence-electron chi connectivity index (χ2n) is 10.6. The van der Waals surface area contributed by atoms with Crippen molar-refractivity contribution < 1.29 is 4.39 Å². The number of rotatable bonds is 8. The minimum atomic E-state index is -0.875. The molecule has 6 unspecified atom stereocenters. The molecule has 0 aromatic rings. The van der Waals surface area contributed by atoms with Crippen molar-refractivity contribution in [1.82, 2.24) is 15.5 Å². The molecule has 176 valence electrons. The lowest BCUT2D eigenvalue weighted by Crippen LogP contribution is -2.55. The maximum Gasteiger partial charge on any atom is 0.154 e. The maximum absolute atomic E-state index is 13.5. The lowest BCUT2D eigenvalue weighted by atomic mass is 9.80. The Morgan fingerprint density at radius 2 is 1.90 bits per heavy atom. The normalized spacial score (nSPS) is 30.3. The van der Waals surface area contributed by atoms with Gasteiger partial charge in [-0.15, -0.1) is 6.58 Å². The van der Waals surface area contributed by atoms with Gasteiger partial charge in [0.25, 0.3) is 0 Å². The van der Waals surface area contributed by atoms with Crippen molar-refractivity contribution in [3.63, 3.8) is 0 Å². The van der Waals surface area contributed by atoms with Gasteiger partial charge >= 0.3 is 0 Å². The van der Waals surface area contributed by atoms with Gasteiger partial charge in [0.1, 0.15) is 0 Å². The third-order valence-corrected chi connectivity index (χ3v) is 6.58. The van der Waals surface area contributed by atoms with Crippen molar-refractivity contribution >= 4 is 0 Å². The van der Waals surface area contributed by atoms with E-state index in [4.69, 9.17) is 0 Å². The zero-order valence-corrected chi connectivity index (χ0v) is 21.0. The van der Waals surface area contributed by atoms with Gasteiger partial charge in [-0.3, -0.25) is 10.2 Å². The molecule has 0 aromatic carbocycles. The van der Waals surface area contributed by atoms with E-state index in [0.29, 0.717) is 17.5 Å². The number of allylic oxidation sites excluding steroid dienone is 1. The molecule has 0 saturated carbocycles. The molecule has 4 heteroatoms. The average molecular weight is 424 g/mol. The van der Waals surface area contributed by atoms with Crippen LogP contribution in [0.2, 0.25) is 0 Å². The highest BCUT2D eigenvalue weighted by molar-refractivity contribution is 5.09. The molecule has 0 bridgehead atoms. The highest BCUT2D eigenvalue weighted by atomic mass is 19.1. The van der Waals surface area contributed by atoms with Crippen molar-refractivity contribution in [2.24, 2.45) is 17.3 Å². The summed E-state index contributed by atoms with van der Waals surface area (Å²) < 4.78 is 13.5. The molecule has 1 heterocycles. The first kappa shape index (κ1) is 27.3. The Morgan fingerprint density at radius 3 is 2.33 bits per heavy atom. The van der Waals surface area contributed by atoms with Crippen molar-refractivity contribution in [2.45, 2.75) is 112 Å². The second kappa shape index (κ2) is 13.0. The van der Waals surface area contributed by atoms with Crippen LogP contribution >= 0.6 is 0 Å². The number of likely N-dealkylation sites (N-methyl/N-ethyl adjacent to an activating group) is 1. The Kier molecular flexibility index (Phi) is 11.8. The lowest BCUT2D eigenvalue weighted by molar-refractivity contribution is 0.114. The summed E-state index contributed by atoms with van der Waals surface area (Å²) in [6, 6.07) is 1.43. The first-order valence-electron chi connectivity index (χ1n) is 12.2. The molecule has 3 nitrogen and oxygen atoms in total. The average Bonchev–Trinajstić information content (AvgIpc) is 3.17. The summed E-state index contributed by atoms with van der Waals surface area (Å²) in [6.45, 7) is 23.9. The fraction of sp³-hybridized carbons (Fsp3) is 0.846. The topological polar surface area (TPSA) is 27.3 Å². The van der Waals surface area contributed by atoms with E-state index < -0.39 is 6.30 Å². The number of nitrogens with zero attached hydrogens (tertiary/aromatic N) is 1. The van der Waals surface area contributed by atoms with Gasteiger partial charge in [-0.2, -0.15) is 0 Å². The van der Waals surface area contributed by atoms with Crippen LogP contribution in [0.4, 0.5) is 4.39 Å². The number of piperidine rings is 1. The maximum atomic E-state index is 13.5. The molecule has 0 amide bonds. The monoisotopic (exact) mass is 423 g/mol. The van der Waals surface area contributed by atoms with Gasteiger partial charge < -0.3 is 5.32 Å². The zero-order valence-electron chi connectivity index (χ0n) is 21.0. The van der Waals surface area contributed by atoms with E-state index in [1.54, 1.807) is 0 Å². The predicted octanol–water partition coefficient (Wildman–Crippen LogP) is 5.93. The molecule has 1 saturated heterocycles. The quantitative estimate of drug-likeness (QED) is 0.374. The van der Waals surface area contributed by atoms with Crippen LogP contribution in [-0.2, 0) is 0 Å². The molecular formula is C26H50FN3. The first-order chi connectivity index (χ1) is 14.0. The van der Waals surface area contributed by atoms with Gasteiger partial charge in [-0.05, 0) is 50.1 Å². The summed E-state index contributed by atoms with van der Waals surface area (Å²) in [5, 5.41) is 6.41. The summed E-state index contributed by atoms with van der Waals surface area (Å²) in [4.78, 5) is 2.60. The molecule has 30 heavy (non-hydrogen) atoms. The van der Waals surface area contributed by atoms with Crippen LogP contribution < -0.4 is 10.6 Å². The fourth-order valence-electron chi connectivity index (χ4n) is 4.50. The molecule has 2 rings (SSSR count). The van der Waals surface area contributed by atoms with Crippen LogP contribution in [0.15, 0.2) is 24.8 Å². The third kappa shape index (κ3) is 8.80. The van der Waals surface area contributed by atoms with E-state index in [1.165, 1.54) is 25.9 Å². The molecule has 0 spiro atoms. The Labute approximate surface area is 187 Å². The van der Waals surface area contributed by atoms with Gasteiger partial charge in [0.05, 0.1) is 0 Å². The standard InChI is InChI=1S/C14H27N.C12H23FN2/c1-6-10-15(7-2)13-9-8-12(11-13)14(3,4)5;1-5-10(14-8(2)3)11-7-6-9(4)12(13)15-11/h8-9,12-13H,6-7,10-11H2,1-5H3;5,8-12,14-15H,1,6-7H2,2-4H3. The number of alkyl halides is 1. The molecule has 1 aliphatic carbocycles. The van der Waals surface area contributed by atoms with Crippen LogP contribution in [0.5, 0.6) is 0 Å².